The smallest absolute Gasteiger partial charge is 0.268 e. The van der Waals surface area contributed by atoms with Gasteiger partial charge in [0, 0.05) is 39.2 Å². The number of hydrogen-bond acceptors (Lipinski definition) is 4. The van der Waals surface area contributed by atoms with Crippen LogP contribution in [-0.4, -0.2) is 35.3 Å². The highest BCUT2D eigenvalue weighted by molar-refractivity contribution is 5.75. The Morgan fingerprint density at radius 2 is 2.33 bits per heavy atom. The van der Waals surface area contributed by atoms with E-state index >= 15 is 0 Å². The van der Waals surface area contributed by atoms with Crippen LogP contribution >= 0.6 is 0 Å². The van der Waals surface area contributed by atoms with Gasteiger partial charge in [-0.3, -0.25) is 9.59 Å². The normalized spacial score (nSPS) is 18.0. The molecule has 1 aromatic heterocycles. The van der Waals surface area contributed by atoms with Crippen LogP contribution in [0.1, 0.15) is 32.6 Å². The van der Waals surface area contributed by atoms with Crippen molar-refractivity contribution in [2.45, 2.75) is 32.6 Å². The molecule has 2 heterocycles. The minimum Gasteiger partial charge on any atom is -0.370 e. The van der Waals surface area contributed by atoms with E-state index in [4.69, 9.17) is 0 Å². The minimum atomic E-state index is -0.0937. The molecule has 6 nitrogen and oxygen atoms in total. The summed E-state index contributed by atoms with van der Waals surface area (Å²) < 4.78 is 1.32. The Bertz CT molecular complexity index is 541. The van der Waals surface area contributed by atoms with Crippen molar-refractivity contribution in [2.75, 3.05) is 24.5 Å². The molecule has 1 atom stereocenters. The van der Waals surface area contributed by atoms with Crippen molar-refractivity contribution in [2.24, 2.45) is 13.0 Å². The van der Waals surface area contributed by atoms with Gasteiger partial charge in [-0.05, 0) is 18.8 Å². The molecule has 21 heavy (non-hydrogen) atoms. The maximum atomic E-state index is 11.6. The highest BCUT2D eigenvalue weighted by atomic mass is 16.1. The number of carbonyl (C=O) groups excluding carboxylic acids is 1. The van der Waals surface area contributed by atoms with Crippen LogP contribution < -0.4 is 15.8 Å². The van der Waals surface area contributed by atoms with E-state index < -0.39 is 0 Å². The van der Waals surface area contributed by atoms with E-state index in [2.05, 4.69) is 22.2 Å². The molecule has 2 rings (SSSR count). The number of hydrogen-bond donors (Lipinski definition) is 1. The van der Waals surface area contributed by atoms with Crippen LogP contribution in [0.25, 0.3) is 0 Å². The number of rotatable bonds is 6. The van der Waals surface area contributed by atoms with Crippen LogP contribution in [0.3, 0.4) is 0 Å². The fourth-order valence-electron chi connectivity index (χ4n) is 2.55. The maximum Gasteiger partial charge on any atom is 0.268 e. The molecule has 0 aliphatic carbocycles. The molecule has 0 saturated carbocycles. The maximum absolute atomic E-state index is 11.6. The molecule has 0 spiro atoms. The van der Waals surface area contributed by atoms with Gasteiger partial charge in [-0.25, -0.2) is 4.68 Å². The van der Waals surface area contributed by atoms with E-state index in [0.717, 1.165) is 44.6 Å². The largest absolute Gasteiger partial charge is 0.370 e. The summed E-state index contributed by atoms with van der Waals surface area (Å²) in [6.07, 6.45) is 5.36. The quantitative estimate of drug-likeness (QED) is 0.846. The molecular formula is C15H24N4O2. The van der Waals surface area contributed by atoms with E-state index in [1.54, 1.807) is 19.3 Å². The molecule has 1 aliphatic rings. The van der Waals surface area contributed by atoms with Crippen molar-refractivity contribution in [1.29, 1.82) is 0 Å². The van der Waals surface area contributed by atoms with E-state index in [9.17, 15) is 9.59 Å². The Labute approximate surface area is 125 Å². The van der Waals surface area contributed by atoms with Crippen LogP contribution in [0.4, 0.5) is 5.69 Å². The number of aryl methyl sites for hydroxylation is 1. The van der Waals surface area contributed by atoms with E-state index in [-0.39, 0.29) is 11.5 Å². The van der Waals surface area contributed by atoms with Crippen molar-refractivity contribution in [3.63, 3.8) is 0 Å². The third-order valence-corrected chi connectivity index (χ3v) is 3.95. The number of aromatic nitrogens is 2. The zero-order valence-corrected chi connectivity index (χ0v) is 12.8. The summed E-state index contributed by atoms with van der Waals surface area (Å²) in [5.74, 6) is 0.588. The third-order valence-electron chi connectivity index (χ3n) is 3.95. The second-order valence-electron chi connectivity index (χ2n) is 5.68. The van der Waals surface area contributed by atoms with Gasteiger partial charge in [-0.1, -0.05) is 13.3 Å². The Kier molecular flexibility index (Phi) is 5.36. The van der Waals surface area contributed by atoms with Crippen molar-refractivity contribution >= 4 is 11.6 Å². The summed E-state index contributed by atoms with van der Waals surface area (Å²) in [7, 11) is 1.64. The van der Waals surface area contributed by atoms with E-state index in [0.29, 0.717) is 12.3 Å². The fourth-order valence-corrected chi connectivity index (χ4v) is 2.55. The van der Waals surface area contributed by atoms with Gasteiger partial charge in [-0.2, -0.15) is 5.10 Å². The molecule has 1 saturated heterocycles. The number of unbranched alkanes of at least 4 members (excludes halogenated alkanes) is 1. The molecule has 1 aromatic rings. The van der Waals surface area contributed by atoms with Crippen molar-refractivity contribution in [3.05, 3.63) is 22.6 Å². The summed E-state index contributed by atoms with van der Waals surface area (Å²) in [6.45, 7) is 4.57. The van der Waals surface area contributed by atoms with Gasteiger partial charge >= 0.3 is 0 Å². The summed E-state index contributed by atoms with van der Waals surface area (Å²) in [5, 5.41) is 7.05. The summed E-state index contributed by atoms with van der Waals surface area (Å²) >= 11 is 0. The summed E-state index contributed by atoms with van der Waals surface area (Å²) in [4.78, 5) is 25.4. The second-order valence-corrected chi connectivity index (χ2v) is 5.68. The molecule has 6 heteroatoms. The van der Waals surface area contributed by atoms with Crippen LogP contribution in [0.15, 0.2) is 17.1 Å². The van der Waals surface area contributed by atoms with Gasteiger partial charge in [0.1, 0.15) is 0 Å². The van der Waals surface area contributed by atoms with Gasteiger partial charge in [0.15, 0.2) is 0 Å². The molecule has 0 bridgehead atoms. The fraction of sp³-hybridized carbons (Fsp3) is 0.667. The van der Waals surface area contributed by atoms with Gasteiger partial charge in [0.25, 0.3) is 5.56 Å². The van der Waals surface area contributed by atoms with Crippen LogP contribution in [0.5, 0.6) is 0 Å². The first-order valence-corrected chi connectivity index (χ1v) is 7.65. The lowest BCUT2D eigenvalue weighted by Gasteiger charge is -2.18. The lowest BCUT2D eigenvalue weighted by Crippen LogP contribution is -2.31. The van der Waals surface area contributed by atoms with E-state index in [1.807, 2.05) is 0 Å². The predicted octanol–water partition coefficient (Wildman–Crippen LogP) is 0.913. The highest BCUT2D eigenvalue weighted by Crippen LogP contribution is 2.21. The van der Waals surface area contributed by atoms with Gasteiger partial charge in [0.05, 0.1) is 11.9 Å². The lowest BCUT2D eigenvalue weighted by atomic mass is 10.1. The SMILES string of the molecule is CCCCC(=O)NC[C@H]1CCN(c2cnn(C)c(=O)c2)C1. The average molecular weight is 292 g/mol. The van der Waals surface area contributed by atoms with Crippen molar-refractivity contribution in [3.8, 4) is 0 Å². The predicted molar refractivity (Wildman–Crippen MR) is 82.3 cm³/mol. The molecule has 0 radical (unpaired) electrons. The monoisotopic (exact) mass is 292 g/mol. The topological polar surface area (TPSA) is 67.2 Å². The Morgan fingerprint density at radius 3 is 3.05 bits per heavy atom. The zero-order valence-electron chi connectivity index (χ0n) is 12.8. The molecule has 1 amide bonds. The Morgan fingerprint density at radius 1 is 1.52 bits per heavy atom. The Hall–Kier alpha value is -1.85. The van der Waals surface area contributed by atoms with Crippen molar-refractivity contribution in [1.82, 2.24) is 15.1 Å². The average Bonchev–Trinajstić information content (AvgIpc) is 2.94. The number of nitrogens with zero attached hydrogens (tertiary/aromatic N) is 3. The van der Waals surface area contributed by atoms with Gasteiger partial charge < -0.3 is 10.2 Å². The number of carbonyl (C=O) groups is 1. The first-order chi connectivity index (χ1) is 10.1. The number of amides is 1. The van der Waals surface area contributed by atoms with Crippen LogP contribution in [0.2, 0.25) is 0 Å². The Balaban J connectivity index is 1.82. The summed E-state index contributed by atoms with van der Waals surface area (Å²) in [5.41, 5.74) is 0.779. The molecule has 1 N–H and O–H groups in total. The van der Waals surface area contributed by atoms with Crippen LogP contribution in [-0.2, 0) is 11.8 Å². The highest BCUT2D eigenvalue weighted by Gasteiger charge is 2.23. The zero-order chi connectivity index (χ0) is 15.2. The molecule has 0 unspecified atom stereocenters. The standard InChI is InChI=1S/C15H24N4O2/c1-3-4-5-14(20)16-9-12-6-7-19(11-12)13-8-15(21)18(2)17-10-13/h8,10,12H,3-7,9,11H2,1-2H3,(H,16,20)/t12-/m1/s1. The van der Waals surface area contributed by atoms with E-state index in [1.165, 1.54) is 4.68 Å². The molecular weight excluding hydrogens is 268 g/mol. The lowest BCUT2D eigenvalue weighted by molar-refractivity contribution is -0.121. The first kappa shape index (κ1) is 15.5. The second kappa shape index (κ2) is 7.24. The third kappa shape index (κ3) is 4.31. The summed E-state index contributed by atoms with van der Waals surface area (Å²) in [6, 6.07) is 1.62. The molecule has 116 valence electrons. The van der Waals surface area contributed by atoms with Crippen molar-refractivity contribution < 1.29 is 4.79 Å². The minimum absolute atomic E-state index is 0.0937. The number of nitrogens with one attached hydrogen (secondary N) is 1. The molecule has 0 aromatic carbocycles. The van der Waals surface area contributed by atoms with Gasteiger partial charge in [0.2, 0.25) is 5.91 Å². The van der Waals surface area contributed by atoms with Gasteiger partial charge in [-0.15, -0.1) is 0 Å². The molecule has 1 aliphatic heterocycles. The number of anilines is 1. The molecule has 1 fully saturated rings. The first-order valence-electron chi connectivity index (χ1n) is 7.65. The van der Waals surface area contributed by atoms with Crippen LogP contribution in [0, 0.1) is 5.92 Å².